The number of aromatic nitrogens is 4. The second kappa shape index (κ2) is 11.9. The number of H-pyrrole nitrogens is 2. The number of hydrogen-bond donors (Lipinski definition) is 3. The van der Waals surface area contributed by atoms with E-state index in [1.165, 1.54) is 49.7 Å². The topological polar surface area (TPSA) is 67.5 Å². The van der Waals surface area contributed by atoms with Crippen molar-refractivity contribution in [2.45, 2.75) is 12.3 Å². The Bertz CT molecular complexity index is 3040. The molecule has 262 valence electrons. The van der Waals surface area contributed by atoms with Gasteiger partial charge in [0.25, 0.3) is 0 Å². The van der Waals surface area contributed by atoms with Crippen LogP contribution < -0.4 is 5.73 Å². The lowest BCUT2D eigenvalue weighted by molar-refractivity contribution is 0.769. The van der Waals surface area contributed by atoms with Crippen LogP contribution in [0.25, 0.3) is 72.7 Å². The molecule has 5 heteroatoms. The minimum Gasteiger partial charge on any atom is -0.384 e. The lowest BCUT2D eigenvalue weighted by Gasteiger charge is -2.33. The predicted molar refractivity (Wildman–Crippen MR) is 228 cm³/mol. The van der Waals surface area contributed by atoms with Crippen LogP contribution in [0.2, 0.25) is 0 Å². The smallest absolute Gasteiger partial charge is 0.124 e. The normalized spacial score (nSPS) is 13.3. The lowest BCUT2D eigenvalue weighted by Crippen LogP contribution is -2.28. The first-order valence-electron chi connectivity index (χ1n) is 18.9. The number of anilines is 1. The van der Waals surface area contributed by atoms with Gasteiger partial charge in [-0.2, -0.15) is 0 Å². The van der Waals surface area contributed by atoms with E-state index >= 15 is 0 Å². The zero-order chi connectivity index (χ0) is 36.7. The van der Waals surface area contributed by atoms with Crippen LogP contribution in [-0.2, 0) is 5.41 Å². The van der Waals surface area contributed by atoms with Gasteiger partial charge in [-0.25, -0.2) is 0 Å². The fraction of sp³-hybridized carbons (Fsp3) is 0.0400. The summed E-state index contributed by atoms with van der Waals surface area (Å²) in [5.41, 5.74) is 22.7. The molecule has 6 aromatic carbocycles. The van der Waals surface area contributed by atoms with E-state index in [-0.39, 0.29) is 0 Å². The van der Waals surface area contributed by atoms with Crippen molar-refractivity contribution in [1.29, 1.82) is 0 Å². The summed E-state index contributed by atoms with van der Waals surface area (Å²) in [5.74, 6) is 0.727. The number of nitrogens with zero attached hydrogens (tertiary/aromatic N) is 2. The van der Waals surface area contributed by atoms with Crippen molar-refractivity contribution < 1.29 is 0 Å². The molecular weight excluding hydrogens is 671 g/mol. The van der Waals surface area contributed by atoms with Crippen molar-refractivity contribution in [2.24, 2.45) is 0 Å². The number of rotatable bonds is 6. The largest absolute Gasteiger partial charge is 0.384 e. The predicted octanol–water partition coefficient (Wildman–Crippen LogP) is 12.0. The van der Waals surface area contributed by atoms with E-state index in [4.69, 9.17) is 5.73 Å². The van der Waals surface area contributed by atoms with Gasteiger partial charge in [-0.15, -0.1) is 0 Å². The fourth-order valence-corrected chi connectivity index (χ4v) is 9.45. The number of allylic oxidation sites excluding steroid dienone is 1. The molecule has 4 N–H and O–H groups in total. The molecule has 11 rings (SSSR count). The van der Waals surface area contributed by atoms with Crippen molar-refractivity contribution in [2.75, 3.05) is 5.73 Å². The van der Waals surface area contributed by atoms with Crippen LogP contribution >= 0.6 is 0 Å². The van der Waals surface area contributed by atoms with E-state index in [9.17, 15) is 0 Å². The molecule has 0 bridgehead atoms. The van der Waals surface area contributed by atoms with Crippen molar-refractivity contribution in [3.63, 3.8) is 0 Å². The van der Waals surface area contributed by atoms with Gasteiger partial charge in [0, 0.05) is 51.1 Å². The molecular formula is C50H37N5. The molecule has 0 saturated heterocycles. The molecule has 0 fully saturated rings. The fourth-order valence-electron chi connectivity index (χ4n) is 9.45. The van der Waals surface area contributed by atoms with Gasteiger partial charge in [0.15, 0.2) is 0 Å². The van der Waals surface area contributed by atoms with Gasteiger partial charge >= 0.3 is 0 Å². The number of hydrogen-bond acceptors (Lipinski definition) is 1. The number of nitrogens with two attached hydrogens (primary N) is 1. The van der Waals surface area contributed by atoms with E-state index in [1.54, 1.807) is 0 Å². The van der Waals surface area contributed by atoms with Crippen molar-refractivity contribution in [3.05, 3.63) is 204 Å². The average molecular weight is 708 g/mol. The third-order valence-corrected chi connectivity index (χ3v) is 11.7. The summed E-state index contributed by atoms with van der Waals surface area (Å²) in [6.45, 7) is 2.02. The molecule has 0 atom stereocenters. The lowest BCUT2D eigenvalue weighted by atomic mass is 9.67. The second-order valence-corrected chi connectivity index (χ2v) is 14.5. The molecule has 0 aliphatic heterocycles. The molecule has 0 amide bonds. The van der Waals surface area contributed by atoms with E-state index < -0.39 is 5.41 Å². The second-order valence-electron chi connectivity index (χ2n) is 14.5. The average Bonchev–Trinajstić information content (AvgIpc) is 4.06. The summed E-state index contributed by atoms with van der Waals surface area (Å²) in [7, 11) is 0. The first-order chi connectivity index (χ1) is 27.2. The van der Waals surface area contributed by atoms with Gasteiger partial charge in [-0.1, -0.05) is 133 Å². The molecule has 0 saturated carbocycles. The van der Waals surface area contributed by atoms with Gasteiger partial charge in [-0.3, -0.25) is 9.13 Å². The Kier molecular flexibility index (Phi) is 6.76. The van der Waals surface area contributed by atoms with E-state index in [1.807, 2.05) is 19.2 Å². The highest BCUT2D eigenvalue weighted by atomic mass is 15.1. The number of fused-ring (bicyclic) bond motifs is 8. The first kappa shape index (κ1) is 31.3. The molecule has 0 radical (unpaired) electrons. The van der Waals surface area contributed by atoms with Gasteiger partial charge in [0.05, 0.1) is 10.9 Å². The maximum absolute atomic E-state index is 6.68. The van der Waals surface area contributed by atoms with Crippen molar-refractivity contribution in [3.8, 4) is 33.6 Å². The molecule has 4 aromatic heterocycles. The maximum atomic E-state index is 6.68. The molecule has 5 nitrogen and oxygen atoms in total. The summed E-state index contributed by atoms with van der Waals surface area (Å²) in [4.78, 5) is 6.99. The molecule has 0 spiro atoms. The van der Waals surface area contributed by atoms with Crippen LogP contribution in [0.4, 0.5) is 5.82 Å². The highest BCUT2D eigenvalue weighted by Crippen LogP contribution is 2.58. The van der Waals surface area contributed by atoms with Gasteiger partial charge in [0.2, 0.25) is 0 Å². The molecule has 1 aliphatic rings. The third kappa shape index (κ3) is 4.29. The van der Waals surface area contributed by atoms with Crippen molar-refractivity contribution >= 4 is 44.9 Å². The molecule has 4 heterocycles. The van der Waals surface area contributed by atoms with Crippen LogP contribution in [0.1, 0.15) is 34.7 Å². The molecule has 1 aliphatic carbocycles. The summed E-state index contributed by atoms with van der Waals surface area (Å²) in [6, 6.07) is 57.6. The zero-order valence-corrected chi connectivity index (χ0v) is 30.3. The summed E-state index contributed by atoms with van der Waals surface area (Å²) in [6.07, 6.45) is 8.12. The SMILES string of the molecule is C/C=C\c1c(N)n(-c2ccc(-c3ccc(-n4c5[nH]ccc5c5ccc6c(c54)-c4ccccc4C6(c4ccccc4)c4ccccc4)cc3)cc2)c2[nH]ccc12. The molecule has 10 aromatic rings. The molecule has 55 heavy (non-hydrogen) atoms. The van der Waals surface area contributed by atoms with Crippen LogP contribution in [0.5, 0.6) is 0 Å². The Morgan fingerprint density at radius 3 is 1.73 bits per heavy atom. The van der Waals surface area contributed by atoms with E-state index in [2.05, 4.69) is 189 Å². The van der Waals surface area contributed by atoms with Gasteiger partial charge in [-0.05, 0) is 82.3 Å². The quantitative estimate of drug-likeness (QED) is 0.158. The Labute approximate surface area is 318 Å². The Morgan fingerprint density at radius 1 is 0.527 bits per heavy atom. The summed E-state index contributed by atoms with van der Waals surface area (Å²) >= 11 is 0. The Balaban J connectivity index is 1.07. The Morgan fingerprint density at radius 2 is 1.09 bits per heavy atom. The highest BCUT2D eigenvalue weighted by molar-refractivity contribution is 6.15. The number of aromatic amines is 2. The van der Waals surface area contributed by atoms with E-state index in [0.29, 0.717) is 0 Å². The third-order valence-electron chi connectivity index (χ3n) is 11.7. The number of nitrogens with one attached hydrogen (secondary N) is 2. The van der Waals surface area contributed by atoms with Crippen molar-refractivity contribution in [1.82, 2.24) is 19.1 Å². The van der Waals surface area contributed by atoms with E-state index in [0.717, 1.165) is 50.6 Å². The van der Waals surface area contributed by atoms with Gasteiger partial charge < -0.3 is 15.7 Å². The van der Waals surface area contributed by atoms with Crippen LogP contribution in [-0.4, -0.2) is 19.1 Å². The minimum atomic E-state index is -0.465. The molecule has 0 unspecified atom stereocenters. The number of nitrogen functional groups attached to an aromatic ring is 1. The highest BCUT2D eigenvalue weighted by Gasteiger charge is 2.47. The minimum absolute atomic E-state index is 0.465. The summed E-state index contributed by atoms with van der Waals surface area (Å²) in [5, 5.41) is 3.56. The number of benzene rings is 6. The summed E-state index contributed by atoms with van der Waals surface area (Å²) < 4.78 is 4.52. The monoisotopic (exact) mass is 707 g/mol. The van der Waals surface area contributed by atoms with Gasteiger partial charge in [0.1, 0.15) is 17.1 Å². The first-order valence-corrected chi connectivity index (χ1v) is 18.9. The zero-order valence-electron chi connectivity index (χ0n) is 30.3. The Hall–Kier alpha value is -7.24. The van der Waals surface area contributed by atoms with Crippen LogP contribution in [0.15, 0.2) is 176 Å². The van der Waals surface area contributed by atoms with Crippen LogP contribution in [0.3, 0.4) is 0 Å². The maximum Gasteiger partial charge on any atom is 0.124 e. The standard InChI is InChI=1S/C50H37N5/c1-2-11-39-41-29-31-53-49(41)55(47(39)51)37-24-20-33(21-25-37)32-18-22-36(23-19-32)54-46-38(40-28-30-52-48(40)54)26-27-44-45(46)42-16-9-10-17-43(42)50(44,34-12-5-3-6-13-34)35-14-7-4-8-15-35/h2-31,52-53H,51H2,1H3/b11-2-. The van der Waals surface area contributed by atoms with Crippen LogP contribution in [0, 0.1) is 0 Å².